The van der Waals surface area contributed by atoms with E-state index in [4.69, 9.17) is 16.3 Å². The van der Waals surface area contributed by atoms with E-state index in [9.17, 15) is 4.79 Å². The summed E-state index contributed by atoms with van der Waals surface area (Å²) in [6.45, 7) is 2.42. The molecule has 1 aliphatic carbocycles. The van der Waals surface area contributed by atoms with Gasteiger partial charge in [-0.15, -0.1) is 0 Å². The number of aromatic nitrogens is 1. The van der Waals surface area contributed by atoms with Crippen LogP contribution in [0.5, 0.6) is 0 Å². The second-order valence-electron chi connectivity index (χ2n) is 11.2. The van der Waals surface area contributed by atoms with E-state index >= 15 is 4.79 Å². The van der Waals surface area contributed by atoms with E-state index in [-0.39, 0.29) is 24.4 Å². The molecule has 0 radical (unpaired) electrons. The first-order valence-corrected chi connectivity index (χ1v) is 14.8. The normalized spacial score (nSPS) is 21.0. The molecular weight excluding hydrogens is 544 g/mol. The van der Waals surface area contributed by atoms with E-state index < -0.39 is 11.3 Å². The minimum absolute atomic E-state index is 0.106. The van der Waals surface area contributed by atoms with Gasteiger partial charge in [0.05, 0.1) is 19.1 Å². The Balaban J connectivity index is 1.58. The van der Waals surface area contributed by atoms with Gasteiger partial charge in [0.2, 0.25) is 5.91 Å². The number of carbonyl (C=O) groups excluding carboxylic acids is 2. The van der Waals surface area contributed by atoms with Crippen LogP contribution in [0, 0.1) is 5.92 Å². The third kappa shape index (κ3) is 3.76. The van der Waals surface area contributed by atoms with Crippen molar-refractivity contribution in [2.24, 2.45) is 13.0 Å². The average Bonchev–Trinajstić information content (AvgIpc) is 3.44. The Morgan fingerprint density at radius 2 is 1.64 bits per heavy atom. The predicted molar refractivity (Wildman–Crippen MR) is 166 cm³/mol. The number of benzene rings is 4. The van der Waals surface area contributed by atoms with E-state index in [2.05, 4.69) is 28.8 Å². The van der Waals surface area contributed by atoms with Crippen LogP contribution in [0.4, 0.5) is 5.69 Å². The molecule has 5 nitrogen and oxygen atoms in total. The molecule has 2 heterocycles. The van der Waals surface area contributed by atoms with Crippen molar-refractivity contribution in [1.82, 2.24) is 4.57 Å². The average molecular weight is 575 g/mol. The lowest BCUT2D eigenvalue weighted by atomic mass is 9.58. The molecule has 0 bridgehead atoms. The van der Waals surface area contributed by atoms with Crippen LogP contribution in [0.2, 0.25) is 5.02 Å². The van der Waals surface area contributed by atoms with Crippen molar-refractivity contribution in [3.8, 4) is 0 Å². The summed E-state index contributed by atoms with van der Waals surface area (Å²) in [6.07, 6.45) is 0.431. The Morgan fingerprint density at radius 1 is 0.952 bits per heavy atom. The van der Waals surface area contributed by atoms with Crippen LogP contribution in [0.15, 0.2) is 103 Å². The largest absolute Gasteiger partial charge is 0.466 e. The number of anilines is 1. The second-order valence-corrected chi connectivity index (χ2v) is 11.6. The Bertz CT molecular complexity index is 1830. The highest BCUT2D eigenvalue weighted by molar-refractivity contribution is 6.31. The van der Waals surface area contributed by atoms with Gasteiger partial charge in [0.1, 0.15) is 5.41 Å². The summed E-state index contributed by atoms with van der Waals surface area (Å²) in [4.78, 5) is 31.2. The topological polar surface area (TPSA) is 51.5 Å². The predicted octanol–water partition coefficient (Wildman–Crippen LogP) is 7.38. The van der Waals surface area contributed by atoms with E-state index in [0.717, 1.165) is 44.5 Å². The maximum Gasteiger partial charge on any atom is 0.310 e. The van der Waals surface area contributed by atoms with E-state index in [1.165, 1.54) is 0 Å². The number of aryl methyl sites for hydroxylation is 1. The van der Waals surface area contributed by atoms with Crippen molar-refractivity contribution in [1.29, 1.82) is 0 Å². The summed E-state index contributed by atoms with van der Waals surface area (Å²) >= 11 is 6.69. The van der Waals surface area contributed by atoms with Crippen LogP contribution in [0.1, 0.15) is 47.2 Å². The Morgan fingerprint density at radius 3 is 2.38 bits per heavy atom. The number of hydrogen-bond acceptors (Lipinski definition) is 3. The first-order chi connectivity index (χ1) is 20.5. The smallest absolute Gasteiger partial charge is 0.310 e. The molecule has 2 aliphatic rings. The Kier molecular flexibility index (Phi) is 6.43. The van der Waals surface area contributed by atoms with Crippen LogP contribution in [-0.4, -0.2) is 23.1 Å². The number of amides is 1. The van der Waals surface area contributed by atoms with Crippen molar-refractivity contribution >= 4 is 40.1 Å². The highest BCUT2D eigenvalue weighted by atomic mass is 35.5. The van der Waals surface area contributed by atoms with Crippen LogP contribution in [0.3, 0.4) is 0 Å². The third-order valence-corrected chi connectivity index (χ3v) is 9.31. The summed E-state index contributed by atoms with van der Waals surface area (Å²) in [5, 5.41) is 1.61. The molecule has 6 heteroatoms. The van der Waals surface area contributed by atoms with Crippen LogP contribution in [0.25, 0.3) is 10.9 Å². The number of hydrogen-bond donors (Lipinski definition) is 0. The van der Waals surface area contributed by atoms with Crippen molar-refractivity contribution in [3.63, 3.8) is 0 Å². The number of ether oxygens (including phenoxy) is 1. The lowest BCUT2D eigenvalue weighted by molar-refractivity contribution is -0.153. The number of para-hydroxylation sites is 1. The quantitative estimate of drug-likeness (QED) is 0.206. The van der Waals surface area contributed by atoms with Gasteiger partial charge in [-0.05, 0) is 59.9 Å². The van der Waals surface area contributed by atoms with Crippen LogP contribution >= 0.6 is 11.6 Å². The van der Waals surface area contributed by atoms with Crippen molar-refractivity contribution in [3.05, 3.63) is 136 Å². The summed E-state index contributed by atoms with van der Waals surface area (Å²) in [5.41, 5.74) is 5.28. The maximum atomic E-state index is 15.3. The second kappa shape index (κ2) is 10.2. The molecule has 42 heavy (non-hydrogen) atoms. The molecule has 1 aromatic heterocycles. The van der Waals surface area contributed by atoms with Crippen molar-refractivity contribution in [2.75, 3.05) is 11.5 Å². The van der Waals surface area contributed by atoms with Gasteiger partial charge in [0.25, 0.3) is 0 Å². The first kappa shape index (κ1) is 26.5. The molecule has 0 fully saturated rings. The summed E-state index contributed by atoms with van der Waals surface area (Å²) in [5.74, 6) is -1.36. The zero-order valence-electron chi connectivity index (χ0n) is 23.6. The monoisotopic (exact) mass is 574 g/mol. The van der Waals surface area contributed by atoms with Gasteiger partial charge >= 0.3 is 5.97 Å². The lowest BCUT2D eigenvalue weighted by Crippen LogP contribution is -2.53. The van der Waals surface area contributed by atoms with Gasteiger partial charge in [0.15, 0.2) is 0 Å². The molecular formula is C36H31ClN2O3. The molecule has 0 saturated carbocycles. The number of esters is 1. The van der Waals surface area contributed by atoms with Gasteiger partial charge < -0.3 is 14.2 Å². The zero-order chi connectivity index (χ0) is 29.0. The highest BCUT2D eigenvalue weighted by Crippen LogP contribution is 2.60. The van der Waals surface area contributed by atoms with Gasteiger partial charge in [-0.3, -0.25) is 9.59 Å². The Hall–Kier alpha value is -4.35. The number of halogens is 1. The Labute approximate surface area is 250 Å². The fourth-order valence-electron chi connectivity index (χ4n) is 7.44. The standard InChI is InChI=1S/C36H31ClN2O3/c1-3-42-34(40)29-21-27(24-14-8-5-9-15-24)32-26-16-10-11-17-30(26)38(2)33(32)36(29)28-20-25(37)18-19-31(28)39(35(36)41)22-23-12-6-4-7-13-23/h4-20,27,29H,3,21-22H2,1-2H3/t27-,29+,36-/m1/s1. The number of nitrogens with zero attached hydrogens (tertiary/aromatic N) is 2. The number of carbonyl (C=O) groups is 2. The number of rotatable bonds is 5. The first-order valence-electron chi connectivity index (χ1n) is 14.4. The van der Waals surface area contributed by atoms with Gasteiger partial charge in [0, 0.05) is 40.3 Å². The molecule has 5 aromatic rings. The van der Waals surface area contributed by atoms with Crippen molar-refractivity contribution < 1.29 is 14.3 Å². The summed E-state index contributed by atoms with van der Waals surface area (Å²) in [7, 11) is 2.01. The summed E-state index contributed by atoms with van der Waals surface area (Å²) in [6, 6.07) is 34.1. The maximum absolute atomic E-state index is 15.3. The fourth-order valence-corrected chi connectivity index (χ4v) is 7.61. The molecule has 7 rings (SSSR count). The summed E-state index contributed by atoms with van der Waals surface area (Å²) < 4.78 is 7.90. The van der Waals surface area contributed by atoms with E-state index in [1.807, 2.05) is 97.7 Å². The number of fused-ring (bicyclic) bond motifs is 6. The van der Waals surface area contributed by atoms with Crippen LogP contribution < -0.4 is 4.90 Å². The fraction of sp³-hybridized carbons (Fsp3) is 0.222. The molecule has 0 unspecified atom stereocenters. The molecule has 4 aromatic carbocycles. The molecule has 1 aliphatic heterocycles. The molecule has 1 amide bonds. The molecule has 210 valence electrons. The molecule has 0 N–H and O–H groups in total. The SMILES string of the molecule is CCOC(=O)[C@@H]1C[C@H](c2ccccc2)c2c(n(C)c3ccccc23)[C@]12C(=O)N(Cc1ccccc1)c1ccc(Cl)cc12. The van der Waals surface area contributed by atoms with Gasteiger partial charge in [-0.1, -0.05) is 90.5 Å². The molecule has 3 atom stereocenters. The lowest BCUT2D eigenvalue weighted by Gasteiger charge is -2.43. The molecule has 1 spiro atoms. The van der Waals surface area contributed by atoms with Crippen LogP contribution in [-0.2, 0) is 33.3 Å². The van der Waals surface area contributed by atoms with Gasteiger partial charge in [-0.2, -0.15) is 0 Å². The van der Waals surface area contributed by atoms with Gasteiger partial charge in [-0.25, -0.2) is 0 Å². The van der Waals surface area contributed by atoms with E-state index in [1.54, 1.807) is 0 Å². The van der Waals surface area contributed by atoms with Crippen molar-refractivity contribution in [2.45, 2.75) is 31.2 Å². The third-order valence-electron chi connectivity index (χ3n) is 9.08. The molecule has 0 saturated heterocycles. The van der Waals surface area contributed by atoms with E-state index in [0.29, 0.717) is 18.0 Å². The minimum atomic E-state index is -1.31. The minimum Gasteiger partial charge on any atom is -0.466 e. The highest BCUT2D eigenvalue weighted by Gasteiger charge is 2.64. The zero-order valence-corrected chi connectivity index (χ0v) is 24.3.